The molecule has 2 aromatic heterocycles. The fraction of sp³-hybridized carbons (Fsp3) is 0.167. The predicted octanol–water partition coefficient (Wildman–Crippen LogP) is 5.75. The van der Waals surface area contributed by atoms with E-state index in [2.05, 4.69) is 21.4 Å². The summed E-state index contributed by atoms with van der Waals surface area (Å²) in [5.41, 5.74) is 4.00. The minimum absolute atomic E-state index is 0.0210. The molecule has 1 amide bonds. The quantitative estimate of drug-likeness (QED) is 0.386. The van der Waals surface area contributed by atoms with Gasteiger partial charge in [0.25, 0.3) is 0 Å². The SMILES string of the molecule is O=C(CC(c1ccc(Cl)c(Cl)c1)c1c[nH]c2ccccc12)NCCc1ccccn1. The average Bonchev–Trinajstić information content (AvgIpc) is 3.19. The molecule has 4 nitrogen and oxygen atoms in total. The molecule has 0 radical (unpaired) electrons. The topological polar surface area (TPSA) is 57.8 Å². The Labute approximate surface area is 185 Å². The van der Waals surface area contributed by atoms with Gasteiger partial charge in [-0.1, -0.05) is 53.5 Å². The maximum absolute atomic E-state index is 12.8. The zero-order valence-corrected chi connectivity index (χ0v) is 17.8. The Morgan fingerprint density at radius 2 is 1.87 bits per heavy atom. The predicted molar refractivity (Wildman–Crippen MR) is 122 cm³/mol. The summed E-state index contributed by atoms with van der Waals surface area (Å²) in [5, 5.41) is 5.09. The number of nitrogens with zero attached hydrogens (tertiary/aromatic N) is 1. The van der Waals surface area contributed by atoms with Crippen LogP contribution in [0.15, 0.2) is 73.1 Å². The second-order valence-electron chi connectivity index (χ2n) is 7.14. The van der Waals surface area contributed by atoms with E-state index in [4.69, 9.17) is 23.2 Å². The Morgan fingerprint density at radius 3 is 2.67 bits per heavy atom. The molecule has 0 fully saturated rings. The lowest BCUT2D eigenvalue weighted by Crippen LogP contribution is -2.27. The van der Waals surface area contributed by atoms with E-state index in [1.807, 2.05) is 54.7 Å². The number of H-pyrrole nitrogens is 1. The molecule has 0 saturated carbocycles. The summed E-state index contributed by atoms with van der Waals surface area (Å²) >= 11 is 12.4. The van der Waals surface area contributed by atoms with Gasteiger partial charge in [0.1, 0.15) is 0 Å². The molecule has 0 aliphatic heterocycles. The standard InChI is InChI=1S/C24H21Cl2N3O/c25-21-9-8-16(13-22(21)26)19(20-15-29-23-7-2-1-6-18(20)23)14-24(30)28-12-10-17-5-3-4-11-27-17/h1-9,11,13,15,19,29H,10,12,14H2,(H,28,30). The summed E-state index contributed by atoms with van der Waals surface area (Å²) in [6.07, 6.45) is 4.73. The smallest absolute Gasteiger partial charge is 0.220 e. The molecule has 2 heterocycles. The number of benzene rings is 2. The molecular formula is C24H21Cl2N3O. The summed E-state index contributed by atoms with van der Waals surface area (Å²) < 4.78 is 0. The maximum atomic E-state index is 12.8. The Balaban J connectivity index is 1.56. The number of hydrogen-bond donors (Lipinski definition) is 2. The van der Waals surface area contributed by atoms with Crippen molar-refractivity contribution in [3.8, 4) is 0 Å². The third kappa shape index (κ3) is 4.66. The lowest BCUT2D eigenvalue weighted by atomic mass is 9.88. The van der Waals surface area contributed by atoms with E-state index in [9.17, 15) is 4.79 Å². The fourth-order valence-electron chi connectivity index (χ4n) is 3.65. The van der Waals surface area contributed by atoms with Crippen molar-refractivity contribution in [3.05, 3.63) is 99.9 Å². The van der Waals surface area contributed by atoms with Crippen LogP contribution in [0.3, 0.4) is 0 Å². The first-order valence-corrected chi connectivity index (χ1v) is 10.5. The van der Waals surface area contributed by atoms with Gasteiger partial charge >= 0.3 is 0 Å². The number of carbonyl (C=O) groups excluding carboxylic acids is 1. The lowest BCUT2D eigenvalue weighted by molar-refractivity contribution is -0.121. The average molecular weight is 438 g/mol. The van der Waals surface area contributed by atoms with Crippen LogP contribution in [0.1, 0.15) is 29.2 Å². The van der Waals surface area contributed by atoms with E-state index >= 15 is 0 Å². The van der Waals surface area contributed by atoms with Crippen molar-refractivity contribution >= 4 is 40.0 Å². The van der Waals surface area contributed by atoms with E-state index < -0.39 is 0 Å². The molecule has 4 aromatic rings. The molecular weight excluding hydrogens is 417 g/mol. The highest BCUT2D eigenvalue weighted by Gasteiger charge is 2.22. The first kappa shape index (κ1) is 20.5. The third-order valence-electron chi connectivity index (χ3n) is 5.16. The summed E-state index contributed by atoms with van der Waals surface area (Å²) in [5.74, 6) is -0.168. The van der Waals surface area contributed by atoms with Gasteiger partial charge in [0.15, 0.2) is 0 Å². The van der Waals surface area contributed by atoms with Gasteiger partial charge in [-0.25, -0.2) is 0 Å². The first-order chi connectivity index (χ1) is 14.6. The number of aromatic amines is 1. The molecule has 2 aromatic carbocycles. The van der Waals surface area contributed by atoms with Gasteiger partial charge < -0.3 is 10.3 Å². The van der Waals surface area contributed by atoms with Crippen LogP contribution in [-0.2, 0) is 11.2 Å². The third-order valence-corrected chi connectivity index (χ3v) is 5.90. The van der Waals surface area contributed by atoms with Crippen LogP contribution in [0.4, 0.5) is 0 Å². The molecule has 30 heavy (non-hydrogen) atoms. The zero-order valence-electron chi connectivity index (χ0n) is 16.2. The summed E-state index contributed by atoms with van der Waals surface area (Å²) in [6.45, 7) is 0.540. The van der Waals surface area contributed by atoms with Gasteiger partial charge in [-0.05, 0) is 41.5 Å². The van der Waals surface area contributed by atoms with Crippen molar-refractivity contribution in [1.82, 2.24) is 15.3 Å². The highest BCUT2D eigenvalue weighted by atomic mass is 35.5. The molecule has 1 unspecified atom stereocenters. The first-order valence-electron chi connectivity index (χ1n) is 9.79. The Morgan fingerprint density at radius 1 is 1.03 bits per heavy atom. The molecule has 152 valence electrons. The van der Waals surface area contributed by atoms with Crippen LogP contribution in [0, 0.1) is 0 Å². The Kier molecular flexibility index (Phi) is 6.36. The van der Waals surface area contributed by atoms with Gasteiger partial charge in [0.2, 0.25) is 5.91 Å². The van der Waals surface area contributed by atoms with Gasteiger partial charge in [0, 0.05) is 54.3 Å². The van der Waals surface area contributed by atoms with E-state index in [0.29, 0.717) is 29.4 Å². The number of nitrogens with one attached hydrogen (secondary N) is 2. The second-order valence-corrected chi connectivity index (χ2v) is 7.96. The highest BCUT2D eigenvalue weighted by molar-refractivity contribution is 6.42. The van der Waals surface area contributed by atoms with Crippen LogP contribution in [-0.4, -0.2) is 22.4 Å². The van der Waals surface area contributed by atoms with Crippen molar-refractivity contribution in [2.24, 2.45) is 0 Å². The summed E-state index contributed by atoms with van der Waals surface area (Å²) in [6, 6.07) is 19.4. The molecule has 2 N–H and O–H groups in total. The summed E-state index contributed by atoms with van der Waals surface area (Å²) in [7, 11) is 0. The maximum Gasteiger partial charge on any atom is 0.220 e. The minimum atomic E-state index is -0.147. The van der Waals surface area contributed by atoms with Crippen molar-refractivity contribution < 1.29 is 4.79 Å². The van der Waals surface area contributed by atoms with E-state index in [0.717, 1.165) is 27.7 Å². The van der Waals surface area contributed by atoms with Crippen molar-refractivity contribution in [3.63, 3.8) is 0 Å². The van der Waals surface area contributed by atoms with Gasteiger partial charge in [-0.3, -0.25) is 9.78 Å². The van der Waals surface area contributed by atoms with Gasteiger partial charge in [-0.15, -0.1) is 0 Å². The zero-order chi connectivity index (χ0) is 20.9. The lowest BCUT2D eigenvalue weighted by Gasteiger charge is -2.18. The van der Waals surface area contributed by atoms with Gasteiger partial charge in [0.05, 0.1) is 10.0 Å². The van der Waals surface area contributed by atoms with E-state index in [1.54, 1.807) is 12.3 Å². The van der Waals surface area contributed by atoms with E-state index in [-0.39, 0.29) is 11.8 Å². The van der Waals surface area contributed by atoms with Crippen LogP contribution in [0.5, 0.6) is 0 Å². The Hall–Kier alpha value is -2.82. The number of fused-ring (bicyclic) bond motifs is 1. The monoisotopic (exact) mass is 437 g/mol. The Bertz CT molecular complexity index is 1160. The molecule has 0 saturated heterocycles. The molecule has 1 atom stereocenters. The molecule has 6 heteroatoms. The minimum Gasteiger partial charge on any atom is -0.361 e. The number of pyridine rings is 1. The number of carbonyl (C=O) groups is 1. The molecule has 0 aliphatic carbocycles. The number of rotatable bonds is 7. The van der Waals surface area contributed by atoms with Crippen LogP contribution >= 0.6 is 23.2 Å². The molecule has 0 aliphatic rings. The van der Waals surface area contributed by atoms with Crippen molar-refractivity contribution in [2.45, 2.75) is 18.8 Å². The number of aromatic nitrogens is 2. The number of amides is 1. The second kappa shape index (κ2) is 9.33. The number of halogens is 2. The van der Waals surface area contributed by atoms with Crippen LogP contribution in [0.25, 0.3) is 10.9 Å². The highest BCUT2D eigenvalue weighted by Crippen LogP contribution is 2.36. The van der Waals surface area contributed by atoms with Crippen molar-refractivity contribution in [2.75, 3.05) is 6.54 Å². The molecule has 0 bridgehead atoms. The molecule has 0 spiro atoms. The van der Waals surface area contributed by atoms with E-state index in [1.165, 1.54) is 0 Å². The normalized spacial score (nSPS) is 12.1. The van der Waals surface area contributed by atoms with Crippen LogP contribution in [0.2, 0.25) is 10.0 Å². The fourth-order valence-corrected chi connectivity index (χ4v) is 3.96. The molecule has 4 rings (SSSR count). The number of hydrogen-bond acceptors (Lipinski definition) is 2. The summed E-state index contributed by atoms with van der Waals surface area (Å²) in [4.78, 5) is 20.4. The number of para-hydroxylation sites is 1. The van der Waals surface area contributed by atoms with Crippen molar-refractivity contribution in [1.29, 1.82) is 0 Å². The van der Waals surface area contributed by atoms with Crippen LogP contribution < -0.4 is 5.32 Å². The van der Waals surface area contributed by atoms with Gasteiger partial charge in [-0.2, -0.15) is 0 Å². The largest absolute Gasteiger partial charge is 0.361 e.